The minimum atomic E-state index is 0.0435. The Kier molecular flexibility index (Phi) is 2.80. The first-order valence-corrected chi connectivity index (χ1v) is 7.58. The molecule has 0 radical (unpaired) electrons. The van der Waals surface area contributed by atoms with Gasteiger partial charge in [-0.2, -0.15) is 0 Å². The number of aromatic nitrogens is 1. The first kappa shape index (κ1) is 13.1. The molecule has 0 fully saturated rings. The average Bonchev–Trinajstić information content (AvgIpc) is 2.77. The number of hydrogen-bond acceptors (Lipinski definition) is 2. The van der Waals surface area contributed by atoms with Crippen molar-refractivity contribution in [3.8, 4) is 11.1 Å². The van der Waals surface area contributed by atoms with Crippen molar-refractivity contribution < 1.29 is 0 Å². The van der Waals surface area contributed by atoms with Crippen LogP contribution in [0.3, 0.4) is 0 Å². The smallest absolute Gasteiger partial charge is 0.0415 e. The second kappa shape index (κ2) is 4.70. The van der Waals surface area contributed by atoms with Gasteiger partial charge in [-0.25, -0.2) is 0 Å². The fourth-order valence-electron chi connectivity index (χ4n) is 3.38. The van der Waals surface area contributed by atoms with E-state index in [2.05, 4.69) is 66.6 Å². The van der Waals surface area contributed by atoms with E-state index in [0.29, 0.717) is 0 Å². The maximum atomic E-state index is 4.06. The van der Waals surface area contributed by atoms with Gasteiger partial charge in [0.15, 0.2) is 0 Å². The Balaban J connectivity index is 1.79. The van der Waals surface area contributed by atoms with Crippen LogP contribution >= 0.6 is 0 Å². The first-order chi connectivity index (χ1) is 10.7. The van der Waals surface area contributed by atoms with Crippen LogP contribution in [0.25, 0.3) is 11.1 Å². The van der Waals surface area contributed by atoms with Crippen LogP contribution in [0.15, 0.2) is 67.0 Å². The Hall–Kier alpha value is -2.61. The highest BCUT2D eigenvalue weighted by atomic mass is 14.9. The minimum absolute atomic E-state index is 0.0435. The van der Waals surface area contributed by atoms with Crippen molar-refractivity contribution in [1.82, 2.24) is 4.98 Å². The van der Waals surface area contributed by atoms with Gasteiger partial charge in [-0.05, 0) is 46.5 Å². The lowest BCUT2D eigenvalue weighted by Crippen LogP contribution is -2.15. The molecule has 2 nitrogen and oxygen atoms in total. The zero-order chi connectivity index (χ0) is 15.2. The number of pyridine rings is 1. The molecule has 4 rings (SSSR count). The molecule has 0 spiro atoms. The largest absolute Gasteiger partial charge is 0.355 e. The molecule has 0 saturated carbocycles. The maximum Gasteiger partial charge on any atom is 0.0415 e. The van der Waals surface area contributed by atoms with Gasteiger partial charge in [0, 0.05) is 29.2 Å². The summed E-state index contributed by atoms with van der Waals surface area (Å²) in [6.45, 7) is 4.60. The third-order valence-corrected chi connectivity index (χ3v) is 4.55. The molecule has 22 heavy (non-hydrogen) atoms. The lowest BCUT2D eigenvalue weighted by atomic mass is 9.82. The van der Waals surface area contributed by atoms with Crippen LogP contribution in [0.1, 0.15) is 25.0 Å². The Morgan fingerprint density at radius 1 is 0.773 bits per heavy atom. The Bertz CT molecular complexity index is 835. The maximum absolute atomic E-state index is 4.06. The highest BCUT2D eigenvalue weighted by molar-refractivity contribution is 5.82. The summed E-state index contributed by atoms with van der Waals surface area (Å²) in [7, 11) is 0. The van der Waals surface area contributed by atoms with Crippen molar-refractivity contribution in [3.63, 3.8) is 0 Å². The summed E-state index contributed by atoms with van der Waals surface area (Å²) in [5.74, 6) is 0. The molecule has 0 bridgehead atoms. The molecule has 1 aliphatic carbocycles. The second-order valence-electron chi connectivity index (χ2n) is 6.29. The van der Waals surface area contributed by atoms with Crippen molar-refractivity contribution in [2.75, 3.05) is 5.32 Å². The fourth-order valence-corrected chi connectivity index (χ4v) is 3.38. The normalized spacial score (nSPS) is 14.3. The summed E-state index contributed by atoms with van der Waals surface area (Å²) < 4.78 is 0. The minimum Gasteiger partial charge on any atom is -0.355 e. The highest BCUT2D eigenvalue weighted by Gasteiger charge is 2.35. The van der Waals surface area contributed by atoms with Gasteiger partial charge in [0.05, 0.1) is 0 Å². The molecule has 0 aliphatic heterocycles. The number of nitrogens with one attached hydrogen (secondary N) is 1. The Morgan fingerprint density at radius 2 is 1.50 bits per heavy atom. The van der Waals surface area contributed by atoms with Crippen LogP contribution in [0.5, 0.6) is 0 Å². The molecule has 1 aromatic heterocycles. The molecule has 0 amide bonds. The molecular formula is C20H18N2. The van der Waals surface area contributed by atoms with Crippen molar-refractivity contribution in [1.29, 1.82) is 0 Å². The van der Waals surface area contributed by atoms with E-state index in [9.17, 15) is 0 Å². The number of benzene rings is 2. The van der Waals surface area contributed by atoms with Crippen molar-refractivity contribution in [2.24, 2.45) is 0 Å². The molecule has 1 N–H and O–H groups in total. The van der Waals surface area contributed by atoms with Gasteiger partial charge < -0.3 is 5.32 Å². The van der Waals surface area contributed by atoms with Crippen LogP contribution in [0, 0.1) is 0 Å². The van der Waals surface area contributed by atoms with Crippen molar-refractivity contribution >= 4 is 11.4 Å². The summed E-state index contributed by atoms with van der Waals surface area (Å²) in [5.41, 5.74) is 7.72. The number of hydrogen-bond donors (Lipinski definition) is 1. The summed E-state index contributed by atoms with van der Waals surface area (Å²) in [4.78, 5) is 4.06. The van der Waals surface area contributed by atoms with Gasteiger partial charge in [0.2, 0.25) is 0 Å². The summed E-state index contributed by atoms with van der Waals surface area (Å²) in [6.07, 6.45) is 3.60. The number of nitrogens with zero attached hydrogens (tertiary/aromatic N) is 1. The fraction of sp³-hybridized carbons (Fsp3) is 0.150. The molecule has 3 aromatic rings. The lowest BCUT2D eigenvalue weighted by molar-refractivity contribution is 0.660. The number of anilines is 2. The van der Waals surface area contributed by atoms with E-state index in [-0.39, 0.29) is 5.41 Å². The van der Waals surface area contributed by atoms with E-state index < -0.39 is 0 Å². The van der Waals surface area contributed by atoms with Gasteiger partial charge in [0.1, 0.15) is 0 Å². The molecule has 108 valence electrons. The number of rotatable bonds is 2. The highest BCUT2D eigenvalue weighted by Crippen LogP contribution is 2.49. The monoisotopic (exact) mass is 286 g/mol. The standard InChI is InChI=1S/C20H18N2/c1-20(2)18-6-4-3-5-16(18)17-8-7-15(13-19(17)20)22-14-9-11-21-12-10-14/h3-13H,1-2H3,(H,21,22). The summed E-state index contributed by atoms with van der Waals surface area (Å²) in [5, 5.41) is 3.46. The summed E-state index contributed by atoms with van der Waals surface area (Å²) >= 11 is 0. The van der Waals surface area contributed by atoms with Gasteiger partial charge in [-0.1, -0.05) is 44.2 Å². The van der Waals surface area contributed by atoms with Gasteiger partial charge >= 0.3 is 0 Å². The van der Waals surface area contributed by atoms with E-state index >= 15 is 0 Å². The molecule has 2 heteroatoms. The molecule has 1 aliphatic rings. The van der Waals surface area contributed by atoms with Gasteiger partial charge in [0.25, 0.3) is 0 Å². The predicted octanol–water partition coefficient (Wildman–Crippen LogP) is 5.13. The van der Waals surface area contributed by atoms with E-state index in [4.69, 9.17) is 0 Å². The van der Waals surface area contributed by atoms with Gasteiger partial charge in [-0.15, -0.1) is 0 Å². The molecule has 0 saturated heterocycles. The molecule has 1 heterocycles. The Labute approximate surface area is 130 Å². The third-order valence-electron chi connectivity index (χ3n) is 4.55. The first-order valence-electron chi connectivity index (χ1n) is 7.58. The van der Waals surface area contributed by atoms with Crippen LogP contribution in [-0.4, -0.2) is 4.98 Å². The van der Waals surface area contributed by atoms with Crippen LogP contribution < -0.4 is 5.32 Å². The quantitative estimate of drug-likeness (QED) is 0.706. The number of fused-ring (bicyclic) bond motifs is 3. The van der Waals surface area contributed by atoms with Crippen LogP contribution in [0.2, 0.25) is 0 Å². The second-order valence-corrected chi connectivity index (χ2v) is 6.29. The average molecular weight is 286 g/mol. The topological polar surface area (TPSA) is 24.9 Å². The lowest BCUT2D eigenvalue weighted by Gasteiger charge is -2.22. The zero-order valence-corrected chi connectivity index (χ0v) is 12.8. The van der Waals surface area contributed by atoms with E-state index in [1.165, 1.54) is 22.3 Å². The molecule has 2 aromatic carbocycles. The Morgan fingerprint density at radius 3 is 2.32 bits per heavy atom. The SMILES string of the molecule is CC1(C)c2ccccc2-c2ccc(Nc3ccncc3)cc21. The van der Waals surface area contributed by atoms with E-state index in [0.717, 1.165) is 11.4 Å². The van der Waals surface area contributed by atoms with E-state index in [1.54, 1.807) is 12.4 Å². The molecule has 0 unspecified atom stereocenters. The predicted molar refractivity (Wildman–Crippen MR) is 91.5 cm³/mol. The molecule has 0 atom stereocenters. The van der Waals surface area contributed by atoms with Crippen LogP contribution in [0.4, 0.5) is 11.4 Å². The van der Waals surface area contributed by atoms with Gasteiger partial charge in [-0.3, -0.25) is 4.98 Å². The van der Waals surface area contributed by atoms with Crippen molar-refractivity contribution in [2.45, 2.75) is 19.3 Å². The third kappa shape index (κ3) is 1.92. The van der Waals surface area contributed by atoms with Crippen molar-refractivity contribution in [3.05, 3.63) is 78.1 Å². The van der Waals surface area contributed by atoms with E-state index in [1.807, 2.05) is 12.1 Å². The molecular weight excluding hydrogens is 268 g/mol. The zero-order valence-electron chi connectivity index (χ0n) is 12.8. The van der Waals surface area contributed by atoms with Crippen LogP contribution in [-0.2, 0) is 5.41 Å². The summed E-state index contributed by atoms with van der Waals surface area (Å²) in [6, 6.07) is 19.3.